The average Bonchev–Trinajstić information content (AvgIpc) is 3.24. The van der Waals surface area contributed by atoms with E-state index < -0.39 is 6.23 Å². The predicted molar refractivity (Wildman–Crippen MR) is 133 cm³/mol. The molecule has 2 N–H and O–H groups in total. The molecule has 0 aliphatic carbocycles. The lowest BCUT2D eigenvalue weighted by molar-refractivity contribution is -0.141. The topological polar surface area (TPSA) is 102 Å². The molecule has 1 amide bonds. The molecule has 1 fully saturated rings. The summed E-state index contributed by atoms with van der Waals surface area (Å²) < 4.78 is 6.52. The number of nitrogens with zero attached hydrogens (tertiary/aromatic N) is 4. The summed E-state index contributed by atoms with van der Waals surface area (Å²) in [6.07, 6.45) is 0.605. The van der Waals surface area contributed by atoms with Gasteiger partial charge in [0.15, 0.2) is 6.23 Å². The minimum atomic E-state index is -0.824. The summed E-state index contributed by atoms with van der Waals surface area (Å²) in [6, 6.07) is 13.1. The van der Waals surface area contributed by atoms with E-state index >= 15 is 0 Å². The molecule has 2 aromatic heterocycles. The van der Waals surface area contributed by atoms with Crippen LogP contribution in [0.2, 0.25) is 5.02 Å². The molecule has 10 heteroatoms. The van der Waals surface area contributed by atoms with Gasteiger partial charge in [-0.3, -0.25) is 14.5 Å². The lowest BCUT2D eigenvalue weighted by Crippen LogP contribution is -2.55. The van der Waals surface area contributed by atoms with Crippen LogP contribution in [0.25, 0.3) is 21.0 Å². The highest BCUT2D eigenvalue weighted by atomic mass is 35.5. The normalized spacial score (nSPS) is 15.8. The van der Waals surface area contributed by atoms with Crippen LogP contribution in [-0.4, -0.2) is 64.4 Å². The van der Waals surface area contributed by atoms with Gasteiger partial charge in [0.1, 0.15) is 12.1 Å². The highest BCUT2D eigenvalue weighted by Gasteiger charge is 2.34. The van der Waals surface area contributed by atoms with Crippen LogP contribution >= 0.6 is 22.9 Å². The maximum Gasteiger partial charge on any atom is 0.237 e. The van der Waals surface area contributed by atoms with Crippen LogP contribution in [0.15, 0.2) is 48.8 Å². The summed E-state index contributed by atoms with van der Waals surface area (Å²) >= 11 is 7.47. The second-order valence-corrected chi connectivity index (χ2v) is 9.66. The third-order valence-corrected chi connectivity index (χ3v) is 7.32. The number of fused-ring (bicyclic) bond motifs is 2. The van der Waals surface area contributed by atoms with Gasteiger partial charge >= 0.3 is 0 Å². The SMILES string of the molecule is CO[C@@H](C(=O)c1cc2cc(Cl)ccc2s1)N1CCN(Cc2ccc3c(N)ncnc3c2)C(=O)C1. The monoisotopic (exact) mass is 495 g/mol. The van der Waals surface area contributed by atoms with Crippen LogP contribution in [0.1, 0.15) is 15.2 Å². The van der Waals surface area contributed by atoms with Gasteiger partial charge in [-0.1, -0.05) is 17.7 Å². The largest absolute Gasteiger partial charge is 0.383 e. The number of hydrogen-bond donors (Lipinski definition) is 1. The third kappa shape index (κ3) is 4.35. The number of nitrogen functional groups attached to an aromatic ring is 1. The third-order valence-electron chi connectivity index (χ3n) is 5.95. The van der Waals surface area contributed by atoms with E-state index in [0.717, 1.165) is 26.6 Å². The number of ketones is 1. The number of methoxy groups -OCH3 is 1. The molecule has 8 nitrogen and oxygen atoms in total. The zero-order chi connectivity index (χ0) is 23.8. The molecule has 2 aromatic carbocycles. The molecule has 174 valence electrons. The Morgan fingerprint density at radius 1 is 1.21 bits per heavy atom. The number of benzene rings is 2. The van der Waals surface area contributed by atoms with Gasteiger partial charge in [0, 0.05) is 41.9 Å². The van der Waals surface area contributed by atoms with Gasteiger partial charge in [0.25, 0.3) is 0 Å². The fraction of sp³-hybridized carbons (Fsp3) is 0.250. The zero-order valence-corrected chi connectivity index (χ0v) is 20.0. The van der Waals surface area contributed by atoms with Crippen LogP contribution < -0.4 is 5.73 Å². The summed E-state index contributed by atoms with van der Waals surface area (Å²) in [5.74, 6) is 0.206. The van der Waals surface area contributed by atoms with E-state index in [1.807, 2.05) is 36.4 Å². The highest BCUT2D eigenvalue weighted by molar-refractivity contribution is 7.20. The minimum absolute atomic E-state index is 0.0634. The standard InChI is InChI=1S/C24H22ClN5O3S/c1-33-24(22(32)20-10-15-9-16(25)3-5-19(15)34-20)30-7-6-29(21(31)12-30)11-14-2-4-17-18(8-14)27-13-28-23(17)26/h2-5,8-10,13,24H,6-7,11-12H2,1H3,(H2,26,27,28)/t24-/m0/s1. The van der Waals surface area contributed by atoms with Crippen molar-refractivity contribution in [1.82, 2.24) is 19.8 Å². The van der Waals surface area contributed by atoms with Crippen molar-refractivity contribution in [3.63, 3.8) is 0 Å². The summed E-state index contributed by atoms with van der Waals surface area (Å²) in [5.41, 5.74) is 7.59. The van der Waals surface area contributed by atoms with Gasteiger partial charge in [0.05, 0.1) is 16.9 Å². The van der Waals surface area contributed by atoms with Crippen molar-refractivity contribution in [1.29, 1.82) is 0 Å². The van der Waals surface area contributed by atoms with E-state index in [1.165, 1.54) is 24.8 Å². The molecule has 5 rings (SSSR count). The second kappa shape index (κ2) is 9.27. The molecule has 0 radical (unpaired) electrons. The number of carbonyl (C=O) groups excluding carboxylic acids is 2. The van der Waals surface area contributed by atoms with Gasteiger partial charge in [-0.25, -0.2) is 9.97 Å². The van der Waals surface area contributed by atoms with Crippen LogP contribution in [0.5, 0.6) is 0 Å². The minimum Gasteiger partial charge on any atom is -0.383 e. The highest BCUT2D eigenvalue weighted by Crippen LogP contribution is 2.30. The fourth-order valence-corrected chi connectivity index (χ4v) is 5.39. The number of piperazine rings is 1. The Bertz CT molecular complexity index is 1410. The zero-order valence-electron chi connectivity index (χ0n) is 18.4. The molecule has 0 spiro atoms. The van der Waals surface area contributed by atoms with Crippen molar-refractivity contribution in [3.05, 3.63) is 64.3 Å². The molecule has 1 saturated heterocycles. The van der Waals surface area contributed by atoms with Gasteiger partial charge in [0.2, 0.25) is 11.7 Å². The van der Waals surface area contributed by atoms with E-state index in [0.29, 0.717) is 35.4 Å². The number of rotatable bonds is 6. The Kier molecular flexibility index (Phi) is 6.18. The molecular formula is C24H22ClN5O3S. The first-order chi connectivity index (χ1) is 16.4. The van der Waals surface area contributed by atoms with Crippen molar-refractivity contribution < 1.29 is 14.3 Å². The Morgan fingerprint density at radius 2 is 2.06 bits per heavy atom. The van der Waals surface area contributed by atoms with Crippen LogP contribution in [-0.2, 0) is 16.1 Å². The molecule has 0 bridgehead atoms. The van der Waals surface area contributed by atoms with E-state index in [9.17, 15) is 9.59 Å². The summed E-state index contributed by atoms with van der Waals surface area (Å²) in [4.78, 5) is 38.6. The first-order valence-corrected chi connectivity index (χ1v) is 11.9. The lowest BCUT2D eigenvalue weighted by atomic mass is 10.1. The van der Waals surface area contributed by atoms with Crippen molar-refractivity contribution in [2.24, 2.45) is 0 Å². The molecule has 34 heavy (non-hydrogen) atoms. The number of nitrogens with two attached hydrogens (primary N) is 1. The molecule has 4 aromatic rings. The van der Waals surface area contributed by atoms with Crippen molar-refractivity contribution in [3.8, 4) is 0 Å². The Morgan fingerprint density at radius 3 is 2.85 bits per heavy atom. The number of halogens is 1. The van der Waals surface area contributed by atoms with Crippen LogP contribution in [0.3, 0.4) is 0 Å². The number of carbonyl (C=O) groups is 2. The average molecular weight is 496 g/mol. The summed E-state index contributed by atoms with van der Waals surface area (Å²) in [6.45, 7) is 1.56. The van der Waals surface area contributed by atoms with Crippen molar-refractivity contribution in [2.75, 3.05) is 32.5 Å². The van der Waals surface area contributed by atoms with E-state index in [2.05, 4.69) is 9.97 Å². The molecule has 0 saturated carbocycles. The molecular weight excluding hydrogens is 474 g/mol. The quantitative estimate of drug-likeness (QED) is 0.408. The number of thiophene rings is 1. The summed E-state index contributed by atoms with van der Waals surface area (Å²) in [7, 11) is 1.49. The van der Waals surface area contributed by atoms with Gasteiger partial charge in [-0.15, -0.1) is 11.3 Å². The Balaban J connectivity index is 1.28. The lowest BCUT2D eigenvalue weighted by Gasteiger charge is -2.37. The summed E-state index contributed by atoms with van der Waals surface area (Å²) in [5, 5.41) is 2.32. The van der Waals surface area contributed by atoms with Gasteiger partial charge in [-0.2, -0.15) is 0 Å². The van der Waals surface area contributed by atoms with Crippen LogP contribution in [0.4, 0.5) is 5.82 Å². The van der Waals surface area contributed by atoms with E-state index in [-0.39, 0.29) is 18.2 Å². The number of aromatic nitrogens is 2. The van der Waals surface area contributed by atoms with Crippen molar-refractivity contribution in [2.45, 2.75) is 12.8 Å². The number of hydrogen-bond acceptors (Lipinski definition) is 8. The number of anilines is 1. The smallest absolute Gasteiger partial charge is 0.237 e. The molecule has 1 atom stereocenters. The number of amides is 1. The Labute approximate surface area is 204 Å². The first kappa shape index (κ1) is 22.7. The predicted octanol–water partition coefficient (Wildman–Crippen LogP) is 3.58. The molecule has 1 aliphatic rings. The maximum atomic E-state index is 13.2. The molecule has 0 unspecified atom stereocenters. The van der Waals surface area contributed by atoms with Crippen LogP contribution in [0, 0.1) is 0 Å². The first-order valence-electron chi connectivity index (χ1n) is 10.7. The van der Waals surface area contributed by atoms with E-state index in [1.54, 1.807) is 15.9 Å². The van der Waals surface area contributed by atoms with Gasteiger partial charge < -0.3 is 15.4 Å². The molecule has 1 aliphatic heterocycles. The van der Waals surface area contributed by atoms with E-state index in [4.69, 9.17) is 22.1 Å². The number of Topliss-reactive ketones (excluding diaryl/α,β-unsaturated/α-hetero) is 1. The second-order valence-electron chi connectivity index (χ2n) is 8.14. The molecule has 3 heterocycles. The maximum absolute atomic E-state index is 13.2. The van der Waals surface area contributed by atoms with Gasteiger partial charge in [-0.05, 0) is 47.3 Å². The number of ether oxygens (including phenoxy) is 1. The Hall–Kier alpha value is -3.11. The fourth-order valence-electron chi connectivity index (χ4n) is 4.22. The van der Waals surface area contributed by atoms with Crippen molar-refractivity contribution >= 4 is 61.4 Å².